The number of hydrogen-bond donors (Lipinski definition) is 2. The SMILES string of the molecule is Cc1cnn(-c2ccc(NC(N)=S)cc2)c1. The highest BCUT2D eigenvalue weighted by molar-refractivity contribution is 7.80. The van der Waals surface area contributed by atoms with Crippen molar-refractivity contribution in [2.24, 2.45) is 5.73 Å². The molecule has 0 aliphatic heterocycles. The average molecular weight is 232 g/mol. The molecule has 0 aliphatic rings. The van der Waals surface area contributed by atoms with Crippen molar-refractivity contribution in [3.63, 3.8) is 0 Å². The van der Waals surface area contributed by atoms with Gasteiger partial charge in [-0.15, -0.1) is 0 Å². The van der Waals surface area contributed by atoms with E-state index in [1.165, 1.54) is 0 Å². The number of hydrogen-bond acceptors (Lipinski definition) is 2. The highest BCUT2D eigenvalue weighted by atomic mass is 32.1. The molecule has 0 aliphatic carbocycles. The number of thiocarbonyl (C=S) groups is 1. The van der Waals surface area contributed by atoms with E-state index in [1.54, 1.807) is 0 Å². The van der Waals surface area contributed by atoms with Gasteiger partial charge < -0.3 is 11.1 Å². The largest absolute Gasteiger partial charge is 0.376 e. The lowest BCUT2D eigenvalue weighted by Crippen LogP contribution is -2.18. The lowest BCUT2D eigenvalue weighted by molar-refractivity contribution is 0.880. The van der Waals surface area contributed by atoms with Gasteiger partial charge in [0, 0.05) is 11.9 Å². The molecule has 0 radical (unpaired) electrons. The van der Waals surface area contributed by atoms with Crippen molar-refractivity contribution in [2.75, 3.05) is 5.32 Å². The summed E-state index contributed by atoms with van der Waals surface area (Å²) in [6.07, 6.45) is 3.79. The molecule has 2 rings (SSSR count). The van der Waals surface area contributed by atoms with Crippen LogP contribution in [0.15, 0.2) is 36.7 Å². The third-order valence-corrected chi connectivity index (χ3v) is 2.21. The Morgan fingerprint density at radius 2 is 2.06 bits per heavy atom. The molecule has 0 fully saturated rings. The van der Waals surface area contributed by atoms with Crippen LogP contribution >= 0.6 is 12.2 Å². The standard InChI is InChI=1S/C11H12N4S/c1-8-6-13-15(7-8)10-4-2-9(3-5-10)14-11(12)16/h2-7H,1H3,(H3,12,14,16). The second-order valence-corrected chi connectivity index (χ2v) is 3.94. The van der Waals surface area contributed by atoms with Gasteiger partial charge in [-0.05, 0) is 49.0 Å². The van der Waals surface area contributed by atoms with E-state index in [9.17, 15) is 0 Å². The average Bonchev–Trinajstić information content (AvgIpc) is 2.65. The maximum absolute atomic E-state index is 5.38. The van der Waals surface area contributed by atoms with Crippen molar-refractivity contribution < 1.29 is 0 Å². The normalized spacial score (nSPS) is 10.1. The van der Waals surface area contributed by atoms with E-state index in [4.69, 9.17) is 18.0 Å². The van der Waals surface area contributed by atoms with Crippen LogP contribution in [0.4, 0.5) is 5.69 Å². The van der Waals surface area contributed by atoms with Gasteiger partial charge in [-0.3, -0.25) is 0 Å². The number of aromatic nitrogens is 2. The number of nitrogens with one attached hydrogen (secondary N) is 1. The predicted molar refractivity (Wildman–Crippen MR) is 68.7 cm³/mol. The number of nitrogens with two attached hydrogens (primary N) is 1. The van der Waals surface area contributed by atoms with Gasteiger partial charge in [0.15, 0.2) is 5.11 Å². The molecule has 1 aromatic carbocycles. The summed E-state index contributed by atoms with van der Waals surface area (Å²) in [6.45, 7) is 2.01. The Morgan fingerprint density at radius 3 is 2.56 bits per heavy atom. The predicted octanol–water partition coefficient (Wildman–Crippen LogP) is 1.84. The number of anilines is 1. The Bertz CT molecular complexity index is 501. The zero-order valence-electron chi connectivity index (χ0n) is 8.84. The third kappa shape index (κ3) is 2.38. The van der Waals surface area contributed by atoms with Gasteiger partial charge in [0.05, 0.1) is 11.9 Å². The summed E-state index contributed by atoms with van der Waals surface area (Å²) in [5.41, 5.74) is 8.39. The zero-order valence-corrected chi connectivity index (χ0v) is 9.66. The molecular weight excluding hydrogens is 220 g/mol. The fourth-order valence-electron chi connectivity index (χ4n) is 1.39. The number of aryl methyl sites for hydroxylation is 1. The summed E-state index contributed by atoms with van der Waals surface area (Å²) in [5.74, 6) is 0. The van der Waals surface area contributed by atoms with Gasteiger partial charge in [-0.1, -0.05) is 0 Å². The van der Waals surface area contributed by atoms with Crippen LogP contribution in [-0.4, -0.2) is 14.9 Å². The Kier molecular flexibility index (Phi) is 2.87. The van der Waals surface area contributed by atoms with Crippen molar-refractivity contribution in [2.45, 2.75) is 6.92 Å². The maximum Gasteiger partial charge on any atom is 0.168 e. The highest BCUT2D eigenvalue weighted by Crippen LogP contribution is 2.12. The minimum absolute atomic E-state index is 0.266. The van der Waals surface area contributed by atoms with Crippen molar-refractivity contribution in [3.8, 4) is 5.69 Å². The fourth-order valence-corrected chi connectivity index (χ4v) is 1.51. The van der Waals surface area contributed by atoms with Gasteiger partial charge >= 0.3 is 0 Å². The summed E-state index contributed by atoms with van der Waals surface area (Å²) in [7, 11) is 0. The van der Waals surface area contributed by atoms with E-state index < -0.39 is 0 Å². The molecule has 0 atom stereocenters. The monoisotopic (exact) mass is 232 g/mol. The summed E-state index contributed by atoms with van der Waals surface area (Å²) in [6, 6.07) is 7.72. The quantitative estimate of drug-likeness (QED) is 0.776. The van der Waals surface area contributed by atoms with E-state index in [2.05, 4.69) is 10.4 Å². The van der Waals surface area contributed by atoms with Crippen LogP contribution in [0.1, 0.15) is 5.56 Å². The maximum atomic E-state index is 5.38. The molecule has 0 spiro atoms. The van der Waals surface area contributed by atoms with Crippen LogP contribution in [-0.2, 0) is 0 Å². The van der Waals surface area contributed by atoms with Crippen LogP contribution in [0.5, 0.6) is 0 Å². The van der Waals surface area contributed by atoms with Crippen molar-refractivity contribution in [1.29, 1.82) is 0 Å². The van der Waals surface area contributed by atoms with E-state index >= 15 is 0 Å². The third-order valence-electron chi connectivity index (χ3n) is 2.11. The van der Waals surface area contributed by atoms with Crippen LogP contribution < -0.4 is 11.1 Å². The molecule has 2 aromatic rings. The van der Waals surface area contributed by atoms with Crippen LogP contribution in [0.25, 0.3) is 5.69 Å². The minimum Gasteiger partial charge on any atom is -0.376 e. The summed E-state index contributed by atoms with van der Waals surface area (Å²) < 4.78 is 1.82. The molecule has 82 valence electrons. The molecule has 1 heterocycles. The van der Waals surface area contributed by atoms with Gasteiger partial charge in [0.1, 0.15) is 0 Å². The zero-order chi connectivity index (χ0) is 11.5. The Balaban J connectivity index is 2.22. The minimum atomic E-state index is 0.266. The van der Waals surface area contributed by atoms with Gasteiger partial charge in [-0.2, -0.15) is 5.10 Å². The highest BCUT2D eigenvalue weighted by Gasteiger charge is 1.98. The van der Waals surface area contributed by atoms with Gasteiger partial charge in [-0.25, -0.2) is 4.68 Å². The van der Waals surface area contributed by atoms with E-state index in [0.717, 1.165) is 16.9 Å². The van der Waals surface area contributed by atoms with Crippen molar-refractivity contribution in [3.05, 3.63) is 42.2 Å². The summed E-state index contributed by atoms with van der Waals surface area (Å²) >= 11 is 4.76. The molecule has 4 nitrogen and oxygen atoms in total. The number of rotatable bonds is 2. The molecule has 3 N–H and O–H groups in total. The second kappa shape index (κ2) is 4.32. The first-order valence-electron chi connectivity index (χ1n) is 4.83. The van der Waals surface area contributed by atoms with E-state index in [1.807, 2.05) is 48.3 Å². The molecule has 1 aromatic heterocycles. The smallest absolute Gasteiger partial charge is 0.168 e. The molecule has 16 heavy (non-hydrogen) atoms. The van der Waals surface area contributed by atoms with Crippen LogP contribution in [0.3, 0.4) is 0 Å². The lowest BCUT2D eigenvalue weighted by Gasteiger charge is -2.05. The molecule has 0 bridgehead atoms. The number of benzene rings is 1. The first-order valence-corrected chi connectivity index (χ1v) is 5.24. The van der Waals surface area contributed by atoms with E-state index in [0.29, 0.717) is 0 Å². The lowest BCUT2D eigenvalue weighted by atomic mass is 10.3. The van der Waals surface area contributed by atoms with Gasteiger partial charge in [0.2, 0.25) is 0 Å². The topological polar surface area (TPSA) is 55.9 Å². The summed E-state index contributed by atoms with van der Waals surface area (Å²) in [5, 5.41) is 7.36. The first kappa shape index (κ1) is 10.6. The molecular formula is C11H12N4S. The molecule has 0 saturated carbocycles. The summed E-state index contributed by atoms with van der Waals surface area (Å²) in [4.78, 5) is 0. The second-order valence-electron chi connectivity index (χ2n) is 3.50. The van der Waals surface area contributed by atoms with Crippen molar-refractivity contribution >= 4 is 23.0 Å². The Labute approximate surface area is 99.1 Å². The van der Waals surface area contributed by atoms with E-state index in [-0.39, 0.29) is 5.11 Å². The van der Waals surface area contributed by atoms with Gasteiger partial charge in [0.25, 0.3) is 0 Å². The number of nitrogens with zero attached hydrogens (tertiary/aromatic N) is 2. The Morgan fingerprint density at radius 1 is 1.38 bits per heavy atom. The first-order chi connectivity index (χ1) is 7.65. The molecule has 0 saturated heterocycles. The van der Waals surface area contributed by atoms with Crippen molar-refractivity contribution in [1.82, 2.24) is 9.78 Å². The molecule has 0 amide bonds. The van der Waals surface area contributed by atoms with Crippen LogP contribution in [0, 0.1) is 6.92 Å². The van der Waals surface area contributed by atoms with Crippen LogP contribution in [0.2, 0.25) is 0 Å². The molecule has 0 unspecified atom stereocenters. The molecule has 5 heteroatoms. The Hall–Kier alpha value is -1.88. The fraction of sp³-hybridized carbons (Fsp3) is 0.0909.